The van der Waals surface area contributed by atoms with Crippen LogP contribution in [0.15, 0.2) is 30.7 Å². The predicted molar refractivity (Wildman–Crippen MR) is 77.6 cm³/mol. The number of aryl methyl sites for hydroxylation is 1. The van der Waals surface area contributed by atoms with Crippen molar-refractivity contribution < 1.29 is 4.79 Å². The molecule has 6 nitrogen and oxygen atoms in total. The van der Waals surface area contributed by atoms with Crippen LogP contribution in [0.2, 0.25) is 0 Å². The van der Waals surface area contributed by atoms with Crippen molar-refractivity contribution in [1.82, 2.24) is 14.5 Å². The second-order valence-corrected chi connectivity index (χ2v) is 5.43. The molecule has 0 aliphatic rings. The fraction of sp³-hybridized carbons (Fsp3) is 0.357. The lowest BCUT2D eigenvalue weighted by Gasteiger charge is -2.18. The van der Waals surface area contributed by atoms with Crippen LogP contribution in [0, 0.1) is 6.92 Å². The van der Waals surface area contributed by atoms with E-state index in [-0.39, 0.29) is 12.3 Å². The maximum Gasteiger partial charge on any atom is 0.226 e. The van der Waals surface area contributed by atoms with Crippen LogP contribution >= 0.6 is 0 Å². The molecule has 0 spiro atoms. The number of hydrogen-bond donors (Lipinski definition) is 2. The molecule has 0 aliphatic carbocycles. The molecule has 0 fully saturated rings. The summed E-state index contributed by atoms with van der Waals surface area (Å²) in [5, 5.41) is 2.85. The van der Waals surface area contributed by atoms with E-state index in [0.29, 0.717) is 11.5 Å². The fourth-order valence-corrected chi connectivity index (χ4v) is 1.90. The summed E-state index contributed by atoms with van der Waals surface area (Å²) < 4.78 is 1.82. The number of hydrogen-bond acceptors (Lipinski definition) is 4. The number of anilines is 1. The molecule has 2 aromatic heterocycles. The molecule has 0 atom stereocenters. The summed E-state index contributed by atoms with van der Waals surface area (Å²) in [5.41, 5.74) is 5.95. The number of nitrogens with two attached hydrogens (primary N) is 1. The van der Waals surface area contributed by atoms with Gasteiger partial charge in [-0.05, 0) is 32.9 Å². The van der Waals surface area contributed by atoms with Crippen molar-refractivity contribution in [3.8, 4) is 5.82 Å². The van der Waals surface area contributed by atoms with Gasteiger partial charge in [-0.2, -0.15) is 0 Å². The normalized spacial score (nSPS) is 11.4. The summed E-state index contributed by atoms with van der Waals surface area (Å²) in [6, 6.07) is 3.59. The monoisotopic (exact) mass is 273 g/mol. The highest BCUT2D eigenvalue weighted by molar-refractivity contribution is 5.93. The van der Waals surface area contributed by atoms with Gasteiger partial charge in [0.05, 0.1) is 5.69 Å². The van der Waals surface area contributed by atoms with Crippen LogP contribution in [-0.2, 0) is 4.79 Å². The van der Waals surface area contributed by atoms with Crippen LogP contribution in [0.5, 0.6) is 0 Å². The van der Waals surface area contributed by atoms with Gasteiger partial charge in [0.25, 0.3) is 0 Å². The predicted octanol–water partition coefficient (Wildman–Crippen LogP) is 1.64. The van der Waals surface area contributed by atoms with E-state index in [4.69, 9.17) is 5.73 Å². The third-order valence-electron chi connectivity index (χ3n) is 2.73. The van der Waals surface area contributed by atoms with Crippen molar-refractivity contribution in [2.75, 3.05) is 5.32 Å². The van der Waals surface area contributed by atoms with Gasteiger partial charge in [0.2, 0.25) is 5.91 Å². The number of carbonyl (C=O) groups excluding carboxylic acids is 1. The summed E-state index contributed by atoms with van der Waals surface area (Å²) >= 11 is 0. The minimum atomic E-state index is -0.544. The third kappa shape index (κ3) is 3.42. The van der Waals surface area contributed by atoms with Crippen LogP contribution < -0.4 is 11.1 Å². The molecule has 0 aromatic carbocycles. The molecule has 2 heterocycles. The zero-order valence-corrected chi connectivity index (χ0v) is 11.9. The number of carbonyl (C=O) groups is 1. The van der Waals surface area contributed by atoms with Crippen LogP contribution in [0.25, 0.3) is 5.82 Å². The van der Waals surface area contributed by atoms with Gasteiger partial charge in [-0.3, -0.25) is 9.36 Å². The Morgan fingerprint density at radius 3 is 2.75 bits per heavy atom. The largest absolute Gasteiger partial charge is 0.325 e. The minimum absolute atomic E-state index is 0.135. The summed E-state index contributed by atoms with van der Waals surface area (Å²) in [5.74, 6) is 1.31. The molecule has 1 amide bonds. The Bertz CT molecular complexity index is 612. The molecule has 2 rings (SSSR count). The van der Waals surface area contributed by atoms with E-state index >= 15 is 0 Å². The Balaban J connectivity index is 2.26. The highest BCUT2D eigenvalue weighted by Gasteiger charge is 2.18. The first kappa shape index (κ1) is 14.2. The minimum Gasteiger partial charge on any atom is -0.325 e. The van der Waals surface area contributed by atoms with Gasteiger partial charge in [-0.1, -0.05) is 0 Å². The molecule has 20 heavy (non-hydrogen) atoms. The number of pyridine rings is 1. The van der Waals surface area contributed by atoms with Crippen molar-refractivity contribution in [3.05, 3.63) is 36.5 Å². The van der Waals surface area contributed by atoms with E-state index in [1.807, 2.05) is 31.4 Å². The quantitative estimate of drug-likeness (QED) is 0.886. The first-order valence-corrected chi connectivity index (χ1v) is 6.41. The average Bonchev–Trinajstić information content (AvgIpc) is 2.73. The number of amides is 1. The molecule has 3 N–H and O–H groups in total. The van der Waals surface area contributed by atoms with Crippen LogP contribution in [0.3, 0.4) is 0 Å². The first-order chi connectivity index (χ1) is 9.37. The van der Waals surface area contributed by atoms with Crippen molar-refractivity contribution in [2.24, 2.45) is 5.73 Å². The maximum atomic E-state index is 12.0. The Kier molecular flexibility index (Phi) is 3.85. The lowest BCUT2D eigenvalue weighted by atomic mass is 10.0. The van der Waals surface area contributed by atoms with Crippen LogP contribution in [0.4, 0.5) is 5.69 Å². The van der Waals surface area contributed by atoms with Gasteiger partial charge in [-0.15, -0.1) is 0 Å². The van der Waals surface area contributed by atoms with E-state index in [1.165, 1.54) is 0 Å². The lowest BCUT2D eigenvalue weighted by molar-refractivity contribution is -0.117. The zero-order valence-electron chi connectivity index (χ0n) is 11.9. The molecule has 2 aromatic rings. The molecule has 0 radical (unpaired) electrons. The zero-order chi connectivity index (χ0) is 14.8. The highest BCUT2D eigenvalue weighted by atomic mass is 16.1. The van der Waals surface area contributed by atoms with Crippen molar-refractivity contribution in [3.63, 3.8) is 0 Å². The van der Waals surface area contributed by atoms with E-state index in [2.05, 4.69) is 15.3 Å². The molecule has 0 unspecified atom stereocenters. The topological polar surface area (TPSA) is 85.8 Å². The Hall–Kier alpha value is -2.21. The summed E-state index contributed by atoms with van der Waals surface area (Å²) in [7, 11) is 0. The number of rotatable bonds is 4. The third-order valence-corrected chi connectivity index (χ3v) is 2.73. The Labute approximate surface area is 118 Å². The maximum absolute atomic E-state index is 12.0. The lowest BCUT2D eigenvalue weighted by Crippen LogP contribution is -2.36. The smallest absolute Gasteiger partial charge is 0.226 e. The van der Waals surface area contributed by atoms with Crippen molar-refractivity contribution >= 4 is 11.6 Å². The van der Waals surface area contributed by atoms with Gasteiger partial charge in [0, 0.05) is 30.6 Å². The summed E-state index contributed by atoms with van der Waals surface area (Å²) in [6.45, 7) is 5.51. The van der Waals surface area contributed by atoms with Gasteiger partial charge >= 0.3 is 0 Å². The molecular formula is C14H19N5O. The molecule has 106 valence electrons. The standard InChI is InChI=1S/C14H19N5O/c1-10-16-7-8-19(10)13-11(5-4-6-17-13)18-12(20)9-14(2,3)15/h4-8H,9,15H2,1-3H3,(H,18,20). The van der Waals surface area contributed by atoms with Crippen molar-refractivity contribution in [1.29, 1.82) is 0 Å². The number of nitrogens with one attached hydrogen (secondary N) is 1. The van der Waals surface area contributed by atoms with Gasteiger partial charge < -0.3 is 11.1 Å². The van der Waals surface area contributed by atoms with E-state index in [0.717, 1.165) is 5.82 Å². The number of aromatic nitrogens is 3. The molecule has 0 aliphatic heterocycles. The summed E-state index contributed by atoms with van der Waals surface area (Å²) in [4.78, 5) is 20.5. The Morgan fingerprint density at radius 1 is 1.40 bits per heavy atom. The van der Waals surface area contributed by atoms with Gasteiger partial charge in [0.1, 0.15) is 5.82 Å². The fourth-order valence-electron chi connectivity index (χ4n) is 1.90. The highest BCUT2D eigenvalue weighted by Crippen LogP contribution is 2.19. The second kappa shape index (κ2) is 5.42. The summed E-state index contributed by atoms with van der Waals surface area (Å²) in [6.07, 6.45) is 5.42. The molecule has 0 saturated carbocycles. The van der Waals surface area contributed by atoms with E-state index in [9.17, 15) is 4.79 Å². The van der Waals surface area contributed by atoms with Gasteiger partial charge in [-0.25, -0.2) is 9.97 Å². The van der Waals surface area contributed by atoms with Crippen LogP contribution in [-0.4, -0.2) is 26.0 Å². The van der Waals surface area contributed by atoms with E-state index in [1.54, 1.807) is 24.7 Å². The number of imidazole rings is 1. The van der Waals surface area contributed by atoms with E-state index < -0.39 is 5.54 Å². The molecule has 0 bridgehead atoms. The SMILES string of the molecule is Cc1nccn1-c1ncccc1NC(=O)CC(C)(C)N. The molecular weight excluding hydrogens is 254 g/mol. The van der Waals surface area contributed by atoms with Crippen LogP contribution in [0.1, 0.15) is 26.1 Å². The molecule has 0 saturated heterocycles. The Morgan fingerprint density at radius 2 is 2.15 bits per heavy atom. The second-order valence-electron chi connectivity index (χ2n) is 5.43. The first-order valence-electron chi connectivity index (χ1n) is 6.41. The van der Waals surface area contributed by atoms with Gasteiger partial charge in [0.15, 0.2) is 5.82 Å². The molecule has 6 heteroatoms. The number of nitrogens with zero attached hydrogens (tertiary/aromatic N) is 3. The average molecular weight is 273 g/mol. The van der Waals surface area contributed by atoms with Crippen molar-refractivity contribution in [2.45, 2.75) is 32.7 Å².